The Balaban J connectivity index is 1.55. The summed E-state index contributed by atoms with van der Waals surface area (Å²) in [7, 11) is 0. The summed E-state index contributed by atoms with van der Waals surface area (Å²) in [6, 6.07) is 8.53. The molecule has 0 aliphatic carbocycles. The average molecular weight is 405 g/mol. The molecule has 8 heteroatoms. The lowest BCUT2D eigenvalue weighted by Crippen LogP contribution is -2.59. The summed E-state index contributed by atoms with van der Waals surface area (Å²) in [5.41, 5.74) is 3.09. The molecular weight excluding hydrogens is 382 g/mol. The molecular formula is C22H23N5O3. The Labute approximate surface area is 173 Å². The van der Waals surface area contributed by atoms with Gasteiger partial charge in [0.25, 0.3) is 5.91 Å². The Kier molecular flexibility index (Phi) is 4.42. The number of benzene rings is 1. The van der Waals surface area contributed by atoms with Crippen LogP contribution in [0, 0.1) is 6.92 Å². The number of hydrogen-bond acceptors (Lipinski definition) is 5. The third kappa shape index (κ3) is 3.08. The van der Waals surface area contributed by atoms with E-state index in [9.17, 15) is 14.7 Å². The van der Waals surface area contributed by atoms with Crippen molar-refractivity contribution in [2.75, 3.05) is 19.6 Å². The van der Waals surface area contributed by atoms with Crippen LogP contribution in [0.1, 0.15) is 35.3 Å². The quantitative estimate of drug-likeness (QED) is 0.682. The van der Waals surface area contributed by atoms with Gasteiger partial charge in [0, 0.05) is 30.4 Å². The highest BCUT2D eigenvalue weighted by Gasteiger charge is 2.36. The van der Waals surface area contributed by atoms with Gasteiger partial charge in [-0.25, -0.2) is 4.98 Å². The predicted octanol–water partition coefficient (Wildman–Crippen LogP) is 2.48. The second-order valence-electron chi connectivity index (χ2n) is 8.07. The van der Waals surface area contributed by atoms with Crippen LogP contribution in [0.3, 0.4) is 0 Å². The second kappa shape index (κ2) is 7.12. The predicted molar refractivity (Wildman–Crippen MR) is 111 cm³/mol. The normalized spacial score (nSPS) is 19.2. The van der Waals surface area contributed by atoms with E-state index < -0.39 is 0 Å². The molecule has 1 unspecified atom stereocenters. The van der Waals surface area contributed by atoms with Crippen LogP contribution in [0.4, 0.5) is 0 Å². The second-order valence-corrected chi connectivity index (χ2v) is 8.07. The van der Waals surface area contributed by atoms with Crippen molar-refractivity contribution in [1.29, 1.82) is 0 Å². The number of fused-ring (bicyclic) bond motifs is 2. The Morgan fingerprint density at radius 2 is 2.03 bits per heavy atom. The van der Waals surface area contributed by atoms with Crippen molar-refractivity contribution >= 4 is 22.8 Å². The number of aromatic hydroxyl groups is 1. The number of H-pyrrole nitrogens is 1. The maximum Gasteiger partial charge on any atom is 0.255 e. The minimum absolute atomic E-state index is 0.0206. The third-order valence-corrected chi connectivity index (χ3v) is 6.09. The first-order valence-corrected chi connectivity index (χ1v) is 10.2. The van der Waals surface area contributed by atoms with E-state index in [0.717, 1.165) is 37.1 Å². The van der Waals surface area contributed by atoms with E-state index in [1.807, 2.05) is 11.8 Å². The largest absolute Gasteiger partial charge is 0.508 e. The minimum atomic E-state index is -0.175. The molecule has 2 saturated heterocycles. The maximum atomic E-state index is 13.6. The van der Waals surface area contributed by atoms with Gasteiger partial charge >= 0.3 is 0 Å². The highest BCUT2D eigenvalue weighted by Crippen LogP contribution is 2.29. The van der Waals surface area contributed by atoms with Gasteiger partial charge in [0.1, 0.15) is 12.3 Å². The fraction of sp³-hybridized carbons (Fsp3) is 0.364. The van der Waals surface area contributed by atoms with Gasteiger partial charge in [0.2, 0.25) is 5.91 Å². The molecule has 0 radical (unpaired) electrons. The molecule has 2 aliphatic heterocycles. The number of phenolic OH excluding ortho intramolecular Hbond substituents is 1. The van der Waals surface area contributed by atoms with Crippen LogP contribution in [0.25, 0.3) is 22.3 Å². The number of rotatable bonds is 2. The van der Waals surface area contributed by atoms with Crippen molar-refractivity contribution in [3.8, 4) is 17.0 Å². The first-order valence-electron chi connectivity index (χ1n) is 10.2. The molecule has 0 spiro atoms. The SMILES string of the molecule is Cc1[nH]nc2nc(-c3ccc(O)cc3)cc(C(=O)N3CC(=O)N4CCCCC4C3)c12. The smallest absolute Gasteiger partial charge is 0.255 e. The zero-order chi connectivity index (χ0) is 20.8. The van der Waals surface area contributed by atoms with E-state index in [-0.39, 0.29) is 30.2 Å². The summed E-state index contributed by atoms with van der Waals surface area (Å²) in [5.74, 6) is 0.00776. The fourth-order valence-electron chi connectivity index (χ4n) is 4.54. The van der Waals surface area contributed by atoms with Gasteiger partial charge in [-0.05, 0) is 56.5 Å². The number of phenols is 1. The van der Waals surface area contributed by atoms with E-state index in [1.165, 1.54) is 0 Å². The molecule has 2 aromatic heterocycles. The van der Waals surface area contributed by atoms with Crippen LogP contribution in [-0.2, 0) is 4.79 Å². The zero-order valence-corrected chi connectivity index (χ0v) is 16.8. The highest BCUT2D eigenvalue weighted by atomic mass is 16.3. The van der Waals surface area contributed by atoms with E-state index in [1.54, 1.807) is 35.2 Å². The fourth-order valence-corrected chi connectivity index (χ4v) is 4.54. The Morgan fingerprint density at radius 3 is 2.83 bits per heavy atom. The summed E-state index contributed by atoms with van der Waals surface area (Å²) >= 11 is 0. The lowest BCUT2D eigenvalue weighted by Gasteiger charge is -2.43. The standard InChI is InChI=1S/C22H23N5O3/c1-13-20-17(22(30)26-11-15-4-2-3-9-27(15)19(29)12-26)10-18(23-21(20)25-24-13)14-5-7-16(28)8-6-14/h5-8,10,15,28H,2-4,9,11-12H2,1H3,(H,23,24,25). The molecule has 0 saturated carbocycles. The monoisotopic (exact) mass is 405 g/mol. The van der Waals surface area contributed by atoms with Gasteiger partial charge in [-0.3, -0.25) is 14.7 Å². The maximum absolute atomic E-state index is 13.6. The highest BCUT2D eigenvalue weighted by molar-refractivity contribution is 6.08. The minimum Gasteiger partial charge on any atom is -0.508 e. The topological polar surface area (TPSA) is 102 Å². The summed E-state index contributed by atoms with van der Waals surface area (Å²) in [4.78, 5) is 34.4. The van der Waals surface area contributed by atoms with Gasteiger partial charge in [0.05, 0.1) is 16.6 Å². The van der Waals surface area contributed by atoms with Crippen molar-refractivity contribution in [1.82, 2.24) is 25.0 Å². The van der Waals surface area contributed by atoms with Crippen LogP contribution in [-0.4, -0.2) is 67.6 Å². The molecule has 154 valence electrons. The van der Waals surface area contributed by atoms with Crippen molar-refractivity contribution in [3.63, 3.8) is 0 Å². The molecule has 4 heterocycles. The molecule has 1 aromatic carbocycles. The molecule has 2 N–H and O–H groups in total. The zero-order valence-electron chi connectivity index (χ0n) is 16.8. The van der Waals surface area contributed by atoms with E-state index in [4.69, 9.17) is 0 Å². The van der Waals surface area contributed by atoms with Crippen LogP contribution in [0.5, 0.6) is 5.75 Å². The summed E-state index contributed by atoms with van der Waals surface area (Å²) in [6.45, 7) is 3.31. The first-order chi connectivity index (χ1) is 14.5. The number of nitrogens with zero attached hydrogens (tertiary/aromatic N) is 4. The van der Waals surface area contributed by atoms with Gasteiger partial charge in [-0.2, -0.15) is 5.10 Å². The molecule has 1 atom stereocenters. The van der Waals surface area contributed by atoms with E-state index >= 15 is 0 Å². The summed E-state index contributed by atoms with van der Waals surface area (Å²) in [5, 5.41) is 17.4. The van der Waals surface area contributed by atoms with Crippen molar-refractivity contribution in [3.05, 3.63) is 41.6 Å². The van der Waals surface area contributed by atoms with Crippen LogP contribution >= 0.6 is 0 Å². The van der Waals surface area contributed by atoms with E-state index in [0.29, 0.717) is 28.8 Å². The Hall–Kier alpha value is -3.42. The third-order valence-electron chi connectivity index (χ3n) is 6.09. The first kappa shape index (κ1) is 18.6. The number of carbonyl (C=O) groups excluding carboxylic acids is 2. The van der Waals surface area contributed by atoms with Gasteiger partial charge in [-0.15, -0.1) is 0 Å². The number of aryl methyl sites for hydroxylation is 1. The average Bonchev–Trinajstić information content (AvgIpc) is 3.14. The number of hydrogen-bond donors (Lipinski definition) is 2. The molecule has 30 heavy (non-hydrogen) atoms. The molecule has 2 amide bonds. The number of carbonyl (C=O) groups is 2. The Bertz CT molecular complexity index is 1140. The molecule has 3 aromatic rings. The van der Waals surface area contributed by atoms with Gasteiger partial charge in [0.15, 0.2) is 5.65 Å². The molecule has 2 aliphatic rings. The Morgan fingerprint density at radius 1 is 1.23 bits per heavy atom. The van der Waals surface area contributed by atoms with E-state index in [2.05, 4.69) is 15.2 Å². The number of piperidine rings is 1. The molecule has 5 rings (SSSR count). The van der Waals surface area contributed by atoms with Crippen molar-refractivity contribution < 1.29 is 14.7 Å². The summed E-state index contributed by atoms with van der Waals surface area (Å²) in [6.07, 6.45) is 3.05. The lowest BCUT2D eigenvalue weighted by atomic mass is 9.98. The van der Waals surface area contributed by atoms with Crippen molar-refractivity contribution in [2.24, 2.45) is 0 Å². The lowest BCUT2D eigenvalue weighted by molar-refractivity contribution is -0.140. The number of aromatic nitrogens is 3. The molecule has 2 fully saturated rings. The number of piperazine rings is 1. The van der Waals surface area contributed by atoms with Crippen LogP contribution in [0.2, 0.25) is 0 Å². The number of pyridine rings is 1. The van der Waals surface area contributed by atoms with Crippen molar-refractivity contribution in [2.45, 2.75) is 32.2 Å². The van der Waals surface area contributed by atoms with Crippen LogP contribution in [0.15, 0.2) is 30.3 Å². The number of nitrogens with one attached hydrogen (secondary N) is 1. The van der Waals surface area contributed by atoms with Gasteiger partial charge < -0.3 is 14.9 Å². The molecule has 8 nitrogen and oxygen atoms in total. The molecule has 0 bridgehead atoms. The number of amides is 2. The van der Waals surface area contributed by atoms with Crippen LogP contribution < -0.4 is 0 Å². The van der Waals surface area contributed by atoms with Gasteiger partial charge in [-0.1, -0.05) is 0 Å². The summed E-state index contributed by atoms with van der Waals surface area (Å²) < 4.78 is 0. The number of aromatic amines is 1.